The Hall–Kier alpha value is -2.73. The van der Waals surface area contributed by atoms with E-state index in [0.29, 0.717) is 0 Å². The Morgan fingerprint density at radius 1 is 0.913 bits per heavy atom. The highest BCUT2D eigenvalue weighted by molar-refractivity contribution is 7.98. The molecule has 0 fully saturated rings. The molecule has 0 atom stereocenters. The predicted molar refractivity (Wildman–Crippen MR) is 91.7 cm³/mol. The molecule has 0 aliphatic rings. The van der Waals surface area contributed by atoms with E-state index >= 15 is 0 Å². The van der Waals surface area contributed by atoms with Crippen LogP contribution in [0, 0.1) is 0 Å². The largest absolute Gasteiger partial charge is 0.283 e. The second-order valence-electron chi connectivity index (χ2n) is 4.96. The average Bonchev–Trinajstić information content (AvgIpc) is 3.05. The summed E-state index contributed by atoms with van der Waals surface area (Å²) in [5.41, 5.74) is 4.21. The van der Waals surface area contributed by atoms with Gasteiger partial charge in [-0.25, -0.2) is 15.0 Å². The van der Waals surface area contributed by atoms with Gasteiger partial charge in [-0.3, -0.25) is 9.55 Å². The zero-order valence-corrected chi connectivity index (χ0v) is 13.2. The van der Waals surface area contributed by atoms with Gasteiger partial charge in [0.1, 0.15) is 12.1 Å². The first-order valence-corrected chi connectivity index (χ1v) is 8.32. The van der Waals surface area contributed by atoms with Gasteiger partial charge < -0.3 is 0 Å². The van der Waals surface area contributed by atoms with E-state index in [9.17, 15) is 0 Å². The van der Waals surface area contributed by atoms with Gasteiger partial charge in [-0.05, 0) is 47.7 Å². The molecule has 5 nitrogen and oxygen atoms in total. The molecule has 0 amide bonds. The molecule has 6 heteroatoms. The van der Waals surface area contributed by atoms with E-state index < -0.39 is 0 Å². The Balaban J connectivity index is 1.81. The van der Waals surface area contributed by atoms with Crippen LogP contribution in [0.15, 0.2) is 66.5 Å². The van der Waals surface area contributed by atoms with E-state index in [1.54, 1.807) is 24.9 Å². The van der Waals surface area contributed by atoms with Gasteiger partial charge in [-0.2, -0.15) is 0 Å². The Labute approximate surface area is 137 Å². The van der Waals surface area contributed by atoms with Crippen LogP contribution in [0.4, 0.5) is 0 Å². The third kappa shape index (κ3) is 2.57. The van der Waals surface area contributed by atoms with Crippen molar-refractivity contribution < 1.29 is 0 Å². The predicted octanol–water partition coefficient (Wildman–Crippen LogP) is 3.60. The van der Waals surface area contributed by atoms with Crippen LogP contribution in [0.1, 0.15) is 0 Å². The maximum atomic E-state index is 4.53. The number of aromatic nitrogens is 5. The topological polar surface area (TPSA) is 56.5 Å². The lowest BCUT2D eigenvalue weighted by molar-refractivity contribution is 0.902. The first-order chi connectivity index (χ1) is 11.3. The first kappa shape index (κ1) is 13.9. The summed E-state index contributed by atoms with van der Waals surface area (Å²) in [6.45, 7) is 0. The van der Waals surface area contributed by atoms with Gasteiger partial charge in [-0.1, -0.05) is 17.8 Å². The van der Waals surface area contributed by atoms with Gasteiger partial charge in [0.2, 0.25) is 0 Å². The van der Waals surface area contributed by atoms with Crippen molar-refractivity contribution in [3.8, 4) is 16.9 Å². The Bertz CT molecular complexity index is 965. The van der Waals surface area contributed by atoms with E-state index in [4.69, 9.17) is 0 Å². The lowest BCUT2D eigenvalue weighted by Crippen LogP contribution is -1.97. The number of rotatable bonds is 3. The van der Waals surface area contributed by atoms with Crippen molar-refractivity contribution in [1.82, 2.24) is 24.5 Å². The molecule has 1 aromatic carbocycles. The van der Waals surface area contributed by atoms with Gasteiger partial charge in [0.05, 0.1) is 11.0 Å². The van der Waals surface area contributed by atoms with Crippen LogP contribution in [0.25, 0.3) is 28.0 Å². The molecule has 3 heterocycles. The van der Waals surface area contributed by atoms with Crippen LogP contribution in [-0.2, 0) is 0 Å². The fourth-order valence-corrected chi connectivity index (χ4v) is 2.83. The van der Waals surface area contributed by atoms with Gasteiger partial charge in [0.25, 0.3) is 0 Å². The fraction of sp³-hybridized carbons (Fsp3) is 0.0588. The molecule has 0 bridgehead atoms. The number of hydrogen-bond acceptors (Lipinski definition) is 5. The highest BCUT2D eigenvalue weighted by Crippen LogP contribution is 2.25. The molecule has 3 aromatic heterocycles. The summed E-state index contributed by atoms with van der Waals surface area (Å²) >= 11 is 1.52. The molecule has 4 aromatic rings. The lowest BCUT2D eigenvalue weighted by atomic mass is 10.1. The highest BCUT2D eigenvalue weighted by Gasteiger charge is 2.08. The Kier molecular flexibility index (Phi) is 3.51. The third-order valence-electron chi connectivity index (χ3n) is 3.61. The molecule has 0 aliphatic heterocycles. The van der Waals surface area contributed by atoms with E-state index in [1.807, 2.05) is 29.0 Å². The summed E-state index contributed by atoms with van der Waals surface area (Å²) in [7, 11) is 0. The summed E-state index contributed by atoms with van der Waals surface area (Å²) in [5, 5.41) is 0.748. The van der Waals surface area contributed by atoms with E-state index in [2.05, 4.69) is 38.1 Å². The van der Waals surface area contributed by atoms with Crippen molar-refractivity contribution >= 4 is 22.8 Å². The maximum Gasteiger partial charge on any atom is 0.189 e. The second-order valence-corrected chi connectivity index (χ2v) is 5.73. The van der Waals surface area contributed by atoms with Gasteiger partial charge in [0, 0.05) is 18.6 Å². The Morgan fingerprint density at radius 3 is 2.61 bits per heavy atom. The van der Waals surface area contributed by atoms with Crippen molar-refractivity contribution in [1.29, 1.82) is 0 Å². The van der Waals surface area contributed by atoms with Crippen LogP contribution < -0.4 is 0 Å². The van der Waals surface area contributed by atoms with Crippen LogP contribution in [0.5, 0.6) is 0 Å². The molecule has 112 valence electrons. The fourth-order valence-electron chi connectivity index (χ4n) is 2.48. The van der Waals surface area contributed by atoms with E-state index in [1.165, 1.54) is 11.8 Å². The molecule has 0 unspecified atom stereocenters. The number of thioether (sulfide) groups is 1. The van der Waals surface area contributed by atoms with Crippen molar-refractivity contribution in [2.24, 2.45) is 0 Å². The summed E-state index contributed by atoms with van der Waals surface area (Å²) in [6.07, 6.45) is 9.12. The molecule has 0 saturated heterocycles. The molecule has 4 rings (SSSR count). The van der Waals surface area contributed by atoms with Crippen LogP contribution >= 0.6 is 11.8 Å². The van der Waals surface area contributed by atoms with E-state index in [-0.39, 0.29) is 0 Å². The second kappa shape index (κ2) is 5.81. The SMILES string of the molecule is CSc1nccc(-n2cnc3cc(-c4ccncc4)ccc32)n1. The molecule has 23 heavy (non-hydrogen) atoms. The van der Waals surface area contributed by atoms with Crippen molar-refractivity contribution in [2.45, 2.75) is 5.16 Å². The number of nitrogens with zero attached hydrogens (tertiary/aromatic N) is 5. The molecule has 0 radical (unpaired) electrons. The van der Waals surface area contributed by atoms with E-state index in [0.717, 1.165) is 33.1 Å². The molecule has 0 N–H and O–H groups in total. The monoisotopic (exact) mass is 319 g/mol. The molecule has 0 aliphatic carbocycles. The van der Waals surface area contributed by atoms with Crippen LogP contribution in [0.3, 0.4) is 0 Å². The minimum Gasteiger partial charge on any atom is -0.283 e. The molecule has 0 spiro atoms. The lowest BCUT2D eigenvalue weighted by Gasteiger charge is -2.05. The summed E-state index contributed by atoms with van der Waals surface area (Å²) in [5.74, 6) is 0.823. The smallest absolute Gasteiger partial charge is 0.189 e. The minimum atomic E-state index is 0.748. The highest BCUT2D eigenvalue weighted by atomic mass is 32.2. The number of imidazole rings is 1. The van der Waals surface area contributed by atoms with Crippen molar-refractivity contribution in [2.75, 3.05) is 6.26 Å². The summed E-state index contributed by atoms with van der Waals surface area (Å²) < 4.78 is 1.98. The number of benzene rings is 1. The minimum absolute atomic E-state index is 0.748. The first-order valence-electron chi connectivity index (χ1n) is 7.10. The Morgan fingerprint density at radius 2 is 1.78 bits per heavy atom. The normalized spacial score (nSPS) is 11.0. The van der Waals surface area contributed by atoms with Crippen molar-refractivity contribution in [3.63, 3.8) is 0 Å². The number of fused-ring (bicyclic) bond motifs is 1. The zero-order chi connectivity index (χ0) is 15.6. The molecule has 0 saturated carbocycles. The number of pyridine rings is 1. The molecular weight excluding hydrogens is 306 g/mol. The number of hydrogen-bond donors (Lipinski definition) is 0. The standard InChI is InChI=1S/C17H13N5S/c1-23-17-19-9-6-16(21-17)22-11-20-14-10-13(2-3-15(14)22)12-4-7-18-8-5-12/h2-11H,1H3. The zero-order valence-electron chi connectivity index (χ0n) is 12.4. The average molecular weight is 319 g/mol. The van der Waals surface area contributed by atoms with Gasteiger partial charge in [0.15, 0.2) is 5.16 Å². The van der Waals surface area contributed by atoms with Crippen molar-refractivity contribution in [3.05, 3.63) is 61.3 Å². The van der Waals surface area contributed by atoms with Gasteiger partial charge in [-0.15, -0.1) is 0 Å². The van der Waals surface area contributed by atoms with Gasteiger partial charge >= 0.3 is 0 Å². The quantitative estimate of drug-likeness (QED) is 0.426. The summed E-state index contributed by atoms with van der Waals surface area (Å²) in [6, 6.07) is 12.1. The van der Waals surface area contributed by atoms with Crippen LogP contribution in [-0.4, -0.2) is 30.8 Å². The maximum absolute atomic E-state index is 4.53. The summed E-state index contributed by atoms with van der Waals surface area (Å²) in [4.78, 5) is 17.3. The molecular formula is C17H13N5S. The third-order valence-corrected chi connectivity index (χ3v) is 4.17. The van der Waals surface area contributed by atoms with Crippen LogP contribution in [0.2, 0.25) is 0 Å².